The summed E-state index contributed by atoms with van der Waals surface area (Å²) < 4.78 is 0. The molecule has 0 saturated carbocycles. The molecule has 182 valence electrons. The Morgan fingerprint density at radius 1 is 0.838 bits per heavy atom. The van der Waals surface area contributed by atoms with E-state index in [1.165, 1.54) is 37.9 Å². The maximum atomic E-state index is 4.93. The van der Waals surface area contributed by atoms with Crippen molar-refractivity contribution >= 4 is 21.9 Å². The molecule has 8 nitrogen and oxygen atoms in total. The number of aromatic amines is 2. The van der Waals surface area contributed by atoms with Crippen molar-refractivity contribution in [1.82, 2.24) is 40.0 Å². The summed E-state index contributed by atoms with van der Waals surface area (Å²) in [5.41, 5.74) is 8.59. The predicted octanol–water partition coefficient (Wildman–Crippen LogP) is 5.61. The van der Waals surface area contributed by atoms with Gasteiger partial charge in [0.1, 0.15) is 11.2 Å². The molecule has 5 aromatic heterocycles. The number of rotatable bonds is 5. The van der Waals surface area contributed by atoms with E-state index in [2.05, 4.69) is 59.3 Å². The summed E-state index contributed by atoms with van der Waals surface area (Å²) in [6.07, 6.45) is 13.2. The molecular formula is C29H26N8. The Labute approximate surface area is 213 Å². The Kier molecular flexibility index (Phi) is 5.44. The van der Waals surface area contributed by atoms with Crippen LogP contribution >= 0.6 is 0 Å². The summed E-state index contributed by atoms with van der Waals surface area (Å²) in [5.74, 6) is 0.695. The van der Waals surface area contributed by atoms with Crippen molar-refractivity contribution in [3.63, 3.8) is 0 Å². The van der Waals surface area contributed by atoms with Gasteiger partial charge in [0.25, 0.3) is 0 Å². The van der Waals surface area contributed by atoms with Crippen LogP contribution in [0.3, 0.4) is 0 Å². The van der Waals surface area contributed by atoms with Gasteiger partial charge in [0.2, 0.25) is 0 Å². The van der Waals surface area contributed by atoms with Crippen LogP contribution in [0.15, 0.2) is 73.4 Å². The Morgan fingerprint density at radius 2 is 1.76 bits per heavy atom. The van der Waals surface area contributed by atoms with E-state index in [1.54, 1.807) is 18.6 Å². The molecular weight excluding hydrogens is 460 g/mol. The lowest BCUT2D eigenvalue weighted by Gasteiger charge is -2.26. The average molecular weight is 487 g/mol. The highest BCUT2D eigenvalue weighted by atomic mass is 15.1. The summed E-state index contributed by atoms with van der Waals surface area (Å²) in [6.45, 7) is 3.29. The zero-order chi connectivity index (χ0) is 24.6. The summed E-state index contributed by atoms with van der Waals surface area (Å²) in [7, 11) is 0. The molecule has 37 heavy (non-hydrogen) atoms. The van der Waals surface area contributed by atoms with E-state index >= 15 is 0 Å². The summed E-state index contributed by atoms with van der Waals surface area (Å²) in [4.78, 5) is 24.3. The molecule has 6 heterocycles. The van der Waals surface area contributed by atoms with Gasteiger partial charge in [0, 0.05) is 47.8 Å². The molecule has 0 spiro atoms. The number of fused-ring (bicyclic) bond motifs is 2. The van der Waals surface area contributed by atoms with E-state index in [-0.39, 0.29) is 0 Å². The van der Waals surface area contributed by atoms with E-state index in [9.17, 15) is 0 Å². The average Bonchev–Trinajstić information content (AvgIpc) is 3.58. The SMILES string of the molecule is c1ccc(-c2cncc3[nH]c(-c4n[nH]c5ccc(-c6cncc(CN7CCCCC7)c6)cc45)nc23)nc1. The van der Waals surface area contributed by atoms with Crippen molar-refractivity contribution in [2.75, 3.05) is 13.1 Å². The molecule has 0 aliphatic carbocycles. The lowest BCUT2D eigenvalue weighted by atomic mass is 10.0. The van der Waals surface area contributed by atoms with E-state index in [4.69, 9.17) is 4.98 Å². The predicted molar refractivity (Wildman–Crippen MR) is 145 cm³/mol. The van der Waals surface area contributed by atoms with E-state index in [0.29, 0.717) is 5.82 Å². The summed E-state index contributed by atoms with van der Waals surface area (Å²) in [5, 5.41) is 8.78. The monoisotopic (exact) mass is 486 g/mol. The van der Waals surface area contributed by atoms with Crippen molar-refractivity contribution in [1.29, 1.82) is 0 Å². The second-order valence-corrected chi connectivity index (χ2v) is 9.63. The molecule has 2 N–H and O–H groups in total. The number of imidazole rings is 1. The minimum atomic E-state index is 0.695. The fraction of sp³-hybridized carbons (Fsp3) is 0.207. The van der Waals surface area contributed by atoms with Gasteiger partial charge in [-0.3, -0.25) is 25.0 Å². The van der Waals surface area contributed by atoms with Gasteiger partial charge in [0.05, 0.1) is 22.9 Å². The maximum Gasteiger partial charge on any atom is 0.159 e. The first-order valence-electron chi connectivity index (χ1n) is 12.7. The van der Waals surface area contributed by atoms with Gasteiger partial charge >= 0.3 is 0 Å². The number of nitrogens with one attached hydrogen (secondary N) is 2. The molecule has 7 rings (SSSR count). The molecule has 1 aliphatic heterocycles. The zero-order valence-electron chi connectivity index (χ0n) is 20.4. The molecule has 1 aromatic carbocycles. The standard InChI is InChI=1S/C29H26N8/c1-4-10-37(11-5-1)18-19-12-21(15-30-14-19)20-7-8-25-22(13-20)28(36-35-25)29-33-26-17-31-16-23(27(26)34-29)24-6-2-3-9-32-24/h2-3,6-9,12-17H,1,4-5,10-11,18H2,(H,33,34)(H,35,36). The van der Waals surface area contributed by atoms with Gasteiger partial charge in [-0.25, -0.2) is 4.98 Å². The molecule has 0 unspecified atom stereocenters. The van der Waals surface area contributed by atoms with Crippen LogP contribution in [0.25, 0.3) is 55.8 Å². The van der Waals surface area contributed by atoms with Crippen molar-refractivity contribution in [2.45, 2.75) is 25.8 Å². The number of likely N-dealkylation sites (tertiary alicyclic amines) is 1. The minimum Gasteiger partial charge on any atom is -0.335 e. The van der Waals surface area contributed by atoms with Crippen LogP contribution in [-0.4, -0.2) is 53.1 Å². The third kappa shape index (κ3) is 4.15. The topological polar surface area (TPSA) is 99.3 Å². The Balaban J connectivity index is 1.26. The highest BCUT2D eigenvalue weighted by Crippen LogP contribution is 2.32. The van der Waals surface area contributed by atoms with Crippen molar-refractivity contribution in [2.24, 2.45) is 0 Å². The van der Waals surface area contributed by atoms with E-state index in [0.717, 1.165) is 56.6 Å². The molecule has 0 radical (unpaired) electrons. The van der Waals surface area contributed by atoms with Gasteiger partial charge in [-0.15, -0.1) is 0 Å². The summed E-state index contributed by atoms with van der Waals surface area (Å²) in [6, 6.07) is 14.5. The van der Waals surface area contributed by atoms with Gasteiger partial charge in [-0.1, -0.05) is 18.6 Å². The lowest BCUT2D eigenvalue weighted by molar-refractivity contribution is 0.220. The number of pyridine rings is 3. The fourth-order valence-corrected chi connectivity index (χ4v) is 5.24. The van der Waals surface area contributed by atoms with E-state index in [1.807, 2.05) is 30.6 Å². The normalized spacial score (nSPS) is 14.5. The van der Waals surface area contributed by atoms with E-state index < -0.39 is 0 Å². The quantitative estimate of drug-likeness (QED) is 0.329. The van der Waals surface area contributed by atoms with Crippen LogP contribution in [0.4, 0.5) is 0 Å². The van der Waals surface area contributed by atoms with Crippen LogP contribution < -0.4 is 0 Å². The Hall–Kier alpha value is -4.43. The zero-order valence-corrected chi connectivity index (χ0v) is 20.4. The number of benzene rings is 1. The number of nitrogens with zero attached hydrogens (tertiary/aromatic N) is 6. The highest BCUT2D eigenvalue weighted by Gasteiger charge is 2.17. The van der Waals surface area contributed by atoms with Crippen molar-refractivity contribution in [3.8, 4) is 33.9 Å². The van der Waals surface area contributed by atoms with Crippen LogP contribution in [0.5, 0.6) is 0 Å². The first-order chi connectivity index (χ1) is 18.3. The Bertz CT molecular complexity index is 1700. The van der Waals surface area contributed by atoms with Gasteiger partial charge < -0.3 is 4.98 Å². The third-order valence-electron chi connectivity index (χ3n) is 7.11. The first kappa shape index (κ1) is 21.8. The van der Waals surface area contributed by atoms with Crippen molar-refractivity contribution in [3.05, 3.63) is 79.0 Å². The van der Waals surface area contributed by atoms with Gasteiger partial charge in [-0.05, 0) is 67.4 Å². The maximum absolute atomic E-state index is 4.93. The van der Waals surface area contributed by atoms with Crippen LogP contribution in [0.1, 0.15) is 24.8 Å². The smallest absolute Gasteiger partial charge is 0.159 e. The second kappa shape index (κ2) is 9.22. The number of hydrogen-bond donors (Lipinski definition) is 2. The molecule has 0 bridgehead atoms. The summed E-state index contributed by atoms with van der Waals surface area (Å²) >= 11 is 0. The molecule has 1 fully saturated rings. The van der Waals surface area contributed by atoms with Crippen LogP contribution in [0.2, 0.25) is 0 Å². The highest BCUT2D eigenvalue weighted by molar-refractivity contribution is 5.97. The number of aromatic nitrogens is 7. The molecule has 1 saturated heterocycles. The Morgan fingerprint density at radius 3 is 2.65 bits per heavy atom. The second-order valence-electron chi connectivity index (χ2n) is 9.63. The van der Waals surface area contributed by atoms with Gasteiger partial charge in [0.15, 0.2) is 5.82 Å². The first-order valence-corrected chi connectivity index (χ1v) is 12.7. The molecule has 8 heteroatoms. The van der Waals surface area contributed by atoms with Gasteiger partial charge in [-0.2, -0.15) is 5.10 Å². The molecule has 0 atom stereocenters. The molecule has 6 aromatic rings. The lowest BCUT2D eigenvalue weighted by Crippen LogP contribution is -2.29. The minimum absolute atomic E-state index is 0.695. The number of H-pyrrole nitrogens is 2. The van der Waals surface area contributed by atoms with Crippen LogP contribution in [0, 0.1) is 0 Å². The number of hydrogen-bond acceptors (Lipinski definition) is 6. The molecule has 0 amide bonds. The van der Waals surface area contributed by atoms with Crippen LogP contribution in [-0.2, 0) is 6.54 Å². The third-order valence-corrected chi connectivity index (χ3v) is 7.11. The molecule has 1 aliphatic rings. The fourth-order valence-electron chi connectivity index (χ4n) is 5.24. The van der Waals surface area contributed by atoms with Crippen molar-refractivity contribution < 1.29 is 0 Å². The number of piperidine rings is 1. The largest absolute Gasteiger partial charge is 0.335 e.